The van der Waals surface area contributed by atoms with Crippen molar-refractivity contribution in [2.75, 3.05) is 5.75 Å². The Morgan fingerprint density at radius 2 is 2.23 bits per heavy atom. The summed E-state index contributed by atoms with van der Waals surface area (Å²) in [5, 5.41) is 11.0. The largest absolute Gasteiger partial charge is 0.480 e. The van der Waals surface area contributed by atoms with Gasteiger partial charge in [-0.15, -0.1) is 0 Å². The van der Waals surface area contributed by atoms with Gasteiger partial charge in [0.2, 0.25) is 5.91 Å². The molecule has 13 heavy (non-hydrogen) atoms. The molecule has 2 atom stereocenters. The van der Waals surface area contributed by atoms with E-state index >= 15 is 0 Å². The molecule has 0 aromatic rings. The predicted octanol–water partition coefficient (Wildman–Crippen LogP) is -0.0138. The molecule has 7 heteroatoms. The van der Waals surface area contributed by atoms with Gasteiger partial charge in [-0.2, -0.15) is 0 Å². The fraction of sp³-hybridized carbons (Fsp3) is 0.667. The molecule has 0 spiro atoms. The van der Waals surface area contributed by atoms with E-state index in [2.05, 4.69) is 5.32 Å². The average molecular weight is 318 g/mol. The molecule has 1 amide bonds. The number of hydrogen-bond acceptors (Lipinski definition) is 4. The minimum Gasteiger partial charge on any atom is -0.480 e. The van der Waals surface area contributed by atoms with E-state index in [1.165, 1.54) is 15.9 Å². The molecule has 0 rings (SSSR count). The van der Waals surface area contributed by atoms with E-state index in [0.29, 0.717) is 5.75 Å². The van der Waals surface area contributed by atoms with Crippen molar-refractivity contribution in [3.05, 3.63) is 0 Å². The SMILES string of the molecule is C[C@H](N)C(=O)N[C@@H](CSI)C(=O)O. The number of hydrogen-bond donors (Lipinski definition) is 3. The van der Waals surface area contributed by atoms with Gasteiger partial charge in [-0.3, -0.25) is 4.79 Å². The minimum atomic E-state index is -1.04. The maximum absolute atomic E-state index is 11.0. The molecule has 0 radical (unpaired) electrons. The summed E-state index contributed by atoms with van der Waals surface area (Å²) in [7, 11) is 1.33. The summed E-state index contributed by atoms with van der Waals surface area (Å²) in [4.78, 5) is 21.6. The number of carbonyl (C=O) groups is 2. The van der Waals surface area contributed by atoms with E-state index in [1.807, 2.05) is 21.2 Å². The first-order valence-electron chi connectivity index (χ1n) is 3.51. The average Bonchev–Trinajstić information content (AvgIpc) is 2.03. The second kappa shape index (κ2) is 6.44. The molecule has 0 unspecified atom stereocenters. The van der Waals surface area contributed by atoms with E-state index in [9.17, 15) is 9.59 Å². The van der Waals surface area contributed by atoms with Gasteiger partial charge in [-0.05, 0) is 28.1 Å². The van der Waals surface area contributed by atoms with Crippen LogP contribution in [0.3, 0.4) is 0 Å². The van der Waals surface area contributed by atoms with Gasteiger partial charge >= 0.3 is 5.97 Å². The number of nitrogens with two attached hydrogens (primary N) is 1. The lowest BCUT2D eigenvalue weighted by Crippen LogP contribution is -2.48. The number of amides is 1. The standard InChI is InChI=1S/C6H11IN2O3S/c1-3(8)5(10)9-4(2-13-7)6(11)12/h3-4H,2,8H2,1H3,(H,9,10)(H,11,12)/t3-,4-/m0/s1. The number of nitrogens with one attached hydrogen (secondary N) is 1. The predicted molar refractivity (Wildman–Crippen MR) is 59.7 cm³/mol. The zero-order chi connectivity index (χ0) is 10.4. The minimum absolute atomic E-state index is 0.328. The lowest BCUT2D eigenvalue weighted by molar-refractivity contribution is -0.141. The summed E-state index contributed by atoms with van der Waals surface area (Å²) in [6.45, 7) is 1.51. The lowest BCUT2D eigenvalue weighted by atomic mass is 10.3. The molecule has 0 aromatic heterocycles. The molecule has 0 saturated heterocycles. The molecule has 0 bridgehead atoms. The molecule has 0 saturated carbocycles. The van der Waals surface area contributed by atoms with Crippen LogP contribution >= 0.6 is 30.1 Å². The summed E-state index contributed by atoms with van der Waals surface area (Å²) >= 11 is 1.97. The zero-order valence-corrected chi connectivity index (χ0v) is 9.96. The van der Waals surface area contributed by atoms with E-state index in [1.54, 1.807) is 0 Å². The summed E-state index contributed by atoms with van der Waals surface area (Å²) in [5.74, 6) is -1.16. The summed E-state index contributed by atoms with van der Waals surface area (Å²) in [6, 6.07) is -1.54. The molecule has 0 aromatic carbocycles. The Labute approximate surface area is 92.4 Å². The summed E-state index contributed by atoms with van der Waals surface area (Å²) < 4.78 is 0. The molecule has 76 valence electrons. The van der Waals surface area contributed by atoms with Gasteiger partial charge in [-0.25, -0.2) is 4.79 Å². The number of carbonyl (C=O) groups excluding carboxylic acids is 1. The van der Waals surface area contributed by atoms with Crippen LogP contribution in [-0.2, 0) is 9.59 Å². The van der Waals surface area contributed by atoms with Crippen LogP contribution in [0.4, 0.5) is 0 Å². The maximum Gasteiger partial charge on any atom is 0.327 e. The fourth-order valence-corrected chi connectivity index (χ4v) is 1.97. The highest BCUT2D eigenvalue weighted by atomic mass is 127. The highest BCUT2D eigenvalue weighted by Gasteiger charge is 2.20. The normalized spacial score (nSPS) is 14.7. The zero-order valence-electron chi connectivity index (χ0n) is 6.99. The van der Waals surface area contributed by atoms with Crippen LogP contribution in [-0.4, -0.2) is 34.8 Å². The molecule has 0 fully saturated rings. The van der Waals surface area contributed by atoms with Gasteiger partial charge in [0.1, 0.15) is 6.04 Å². The van der Waals surface area contributed by atoms with Crippen molar-refractivity contribution >= 4 is 42.0 Å². The molecule has 0 aliphatic carbocycles. The smallest absolute Gasteiger partial charge is 0.327 e. The summed E-state index contributed by atoms with van der Waals surface area (Å²) in [6.07, 6.45) is 0. The topological polar surface area (TPSA) is 92.4 Å². The molecule has 4 N–H and O–H groups in total. The Kier molecular flexibility index (Phi) is 6.43. The Morgan fingerprint density at radius 3 is 2.54 bits per heavy atom. The van der Waals surface area contributed by atoms with Crippen LogP contribution in [0.25, 0.3) is 0 Å². The second-order valence-corrected chi connectivity index (χ2v) is 4.88. The van der Waals surface area contributed by atoms with Crippen molar-refractivity contribution in [2.45, 2.75) is 19.0 Å². The van der Waals surface area contributed by atoms with Crippen LogP contribution in [0.5, 0.6) is 0 Å². The van der Waals surface area contributed by atoms with Crippen LogP contribution in [0.2, 0.25) is 0 Å². The lowest BCUT2D eigenvalue weighted by Gasteiger charge is -2.14. The monoisotopic (exact) mass is 318 g/mol. The van der Waals surface area contributed by atoms with Gasteiger partial charge in [0.05, 0.1) is 6.04 Å². The van der Waals surface area contributed by atoms with E-state index in [4.69, 9.17) is 10.8 Å². The Bertz CT molecular complexity index is 200. The highest BCUT2D eigenvalue weighted by Crippen LogP contribution is 2.12. The molecular formula is C6H11IN2O3S. The number of carboxylic acid groups (broad SMARTS) is 1. The molecule has 5 nitrogen and oxygen atoms in total. The first kappa shape index (κ1) is 13.0. The number of carboxylic acids is 1. The molecular weight excluding hydrogens is 307 g/mol. The number of rotatable bonds is 5. The van der Waals surface area contributed by atoms with Crippen LogP contribution in [0, 0.1) is 0 Å². The highest BCUT2D eigenvalue weighted by molar-refractivity contribution is 14.2. The van der Waals surface area contributed by atoms with Gasteiger partial charge in [0, 0.05) is 5.75 Å². The Morgan fingerprint density at radius 1 is 1.69 bits per heavy atom. The Hall–Kier alpha value is -0.0200. The summed E-state index contributed by atoms with van der Waals surface area (Å²) in [5.41, 5.74) is 5.27. The van der Waals surface area contributed by atoms with Gasteiger partial charge in [0.15, 0.2) is 0 Å². The number of aliphatic carboxylic acids is 1. The van der Waals surface area contributed by atoms with Crippen molar-refractivity contribution in [2.24, 2.45) is 5.73 Å². The third-order valence-electron chi connectivity index (χ3n) is 1.26. The second-order valence-electron chi connectivity index (χ2n) is 2.46. The molecule has 0 aliphatic heterocycles. The molecule has 0 aliphatic rings. The molecule has 0 heterocycles. The van der Waals surface area contributed by atoms with Gasteiger partial charge in [0.25, 0.3) is 0 Å². The van der Waals surface area contributed by atoms with E-state index in [0.717, 1.165) is 0 Å². The first-order chi connectivity index (χ1) is 5.99. The third kappa shape index (κ3) is 5.32. The van der Waals surface area contributed by atoms with E-state index in [-0.39, 0.29) is 0 Å². The maximum atomic E-state index is 11.0. The number of halogens is 1. The quantitative estimate of drug-likeness (QED) is 0.620. The van der Waals surface area contributed by atoms with Crippen molar-refractivity contribution in [1.29, 1.82) is 0 Å². The first-order valence-corrected chi connectivity index (χ1v) is 7.04. The fourth-order valence-electron chi connectivity index (χ4n) is 0.541. The van der Waals surface area contributed by atoms with Gasteiger partial charge < -0.3 is 16.2 Å². The van der Waals surface area contributed by atoms with Crippen molar-refractivity contribution in [1.82, 2.24) is 5.32 Å². The van der Waals surface area contributed by atoms with E-state index < -0.39 is 24.0 Å². The van der Waals surface area contributed by atoms with Crippen LogP contribution in [0.1, 0.15) is 6.92 Å². The van der Waals surface area contributed by atoms with Crippen LogP contribution in [0.15, 0.2) is 0 Å². The third-order valence-corrected chi connectivity index (χ3v) is 2.80. The Balaban J connectivity index is 4.10. The van der Waals surface area contributed by atoms with Crippen LogP contribution < -0.4 is 11.1 Å². The van der Waals surface area contributed by atoms with Crippen molar-refractivity contribution in [3.63, 3.8) is 0 Å². The van der Waals surface area contributed by atoms with Crippen molar-refractivity contribution in [3.8, 4) is 0 Å². The van der Waals surface area contributed by atoms with Gasteiger partial charge in [-0.1, -0.05) is 8.93 Å². The van der Waals surface area contributed by atoms with Crippen molar-refractivity contribution < 1.29 is 14.7 Å².